The molecule has 1 heterocycles. The first-order valence-corrected chi connectivity index (χ1v) is 3.63. The number of ether oxygens (including phenoxy) is 1. The Morgan fingerprint density at radius 1 is 1.83 bits per heavy atom. The third-order valence-corrected chi connectivity index (χ3v) is 1.44. The first-order chi connectivity index (χ1) is 5.66. The zero-order valence-electron chi connectivity index (χ0n) is 7.07. The Balaban J connectivity index is 2.88. The van der Waals surface area contributed by atoms with Crippen LogP contribution in [-0.2, 0) is 4.74 Å². The van der Waals surface area contributed by atoms with Crippen molar-refractivity contribution >= 4 is 5.97 Å². The van der Waals surface area contributed by atoms with Crippen LogP contribution in [0, 0.1) is 6.92 Å². The maximum atomic E-state index is 11.1. The first-order valence-electron chi connectivity index (χ1n) is 3.63. The van der Waals surface area contributed by atoms with Gasteiger partial charge >= 0.3 is 5.97 Å². The van der Waals surface area contributed by atoms with Crippen LogP contribution in [0.25, 0.3) is 0 Å². The van der Waals surface area contributed by atoms with Crippen molar-refractivity contribution in [2.75, 3.05) is 12.4 Å². The van der Waals surface area contributed by atoms with Crippen LogP contribution in [0.2, 0.25) is 0 Å². The van der Waals surface area contributed by atoms with Crippen molar-refractivity contribution in [2.24, 2.45) is 0 Å². The van der Waals surface area contributed by atoms with Gasteiger partial charge in [-0.2, -0.15) is 0 Å². The summed E-state index contributed by atoms with van der Waals surface area (Å²) in [5.74, 6) is 5.13. The molecule has 0 fully saturated rings. The van der Waals surface area contributed by atoms with Gasteiger partial charge < -0.3 is 10.6 Å². The van der Waals surface area contributed by atoms with E-state index in [4.69, 9.17) is 10.6 Å². The molecule has 12 heavy (non-hydrogen) atoms. The number of nitrogen functional groups attached to an aromatic ring is 1. The fourth-order valence-corrected chi connectivity index (χ4v) is 0.793. The average Bonchev–Trinajstić information content (AvgIpc) is 2.34. The lowest BCUT2D eigenvalue weighted by Crippen LogP contribution is -2.20. The highest BCUT2D eigenvalue weighted by molar-refractivity contribution is 5.85. The monoisotopic (exact) mass is 169 g/mol. The molecule has 66 valence electrons. The predicted molar refractivity (Wildman–Crippen MR) is 43.1 cm³/mol. The molecule has 0 atom stereocenters. The summed E-state index contributed by atoms with van der Waals surface area (Å²) in [5, 5.41) is 0. The van der Waals surface area contributed by atoms with Crippen molar-refractivity contribution in [1.82, 2.24) is 9.66 Å². The van der Waals surface area contributed by atoms with E-state index < -0.39 is 5.97 Å². The number of aromatic nitrogens is 2. The van der Waals surface area contributed by atoms with Crippen LogP contribution in [0.15, 0.2) is 6.20 Å². The second-order valence-electron chi connectivity index (χ2n) is 2.31. The highest BCUT2D eigenvalue weighted by atomic mass is 16.5. The number of imidazole rings is 1. The topological polar surface area (TPSA) is 70.1 Å². The second kappa shape index (κ2) is 3.25. The van der Waals surface area contributed by atoms with Gasteiger partial charge in [0.25, 0.3) is 0 Å². The van der Waals surface area contributed by atoms with Gasteiger partial charge in [-0.15, -0.1) is 0 Å². The van der Waals surface area contributed by atoms with E-state index in [2.05, 4.69) is 4.98 Å². The summed E-state index contributed by atoms with van der Waals surface area (Å²) < 4.78 is 5.93. The molecule has 0 spiro atoms. The normalized spacial score (nSPS) is 9.83. The summed E-state index contributed by atoms with van der Waals surface area (Å²) in [7, 11) is 0. The van der Waals surface area contributed by atoms with E-state index in [1.54, 1.807) is 13.8 Å². The molecule has 0 aromatic carbocycles. The number of carbonyl (C=O) groups is 1. The maximum Gasteiger partial charge on any atom is 0.376 e. The van der Waals surface area contributed by atoms with E-state index in [0.717, 1.165) is 5.69 Å². The third-order valence-electron chi connectivity index (χ3n) is 1.44. The van der Waals surface area contributed by atoms with Gasteiger partial charge in [0.15, 0.2) is 0 Å². The molecule has 0 aliphatic rings. The minimum atomic E-state index is -0.492. The van der Waals surface area contributed by atoms with Gasteiger partial charge in [0.1, 0.15) is 0 Å². The van der Waals surface area contributed by atoms with Crippen molar-refractivity contribution < 1.29 is 9.53 Å². The Kier molecular flexibility index (Phi) is 2.32. The van der Waals surface area contributed by atoms with Gasteiger partial charge in [0, 0.05) is 0 Å². The lowest BCUT2D eigenvalue weighted by molar-refractivity contribution is 0.0508. The summed E-state index contributed by atoms with van der Waals surface area (Å²) in [6.07, 6.45) is 1.52. The summed E-state index contributed by atoms with van der Waals surface area (Å²) in [6, 6.07) is 0. The summed E-state index contributed by atoms with van der Waals surface area (Å²) in [5.41, 5.74) is 0.720. The Labute approximate surface area is 70.1 Å². The first kappa shape index (κ1) is 8.58. The van der Waals surface area contributed by atoms with Crippen LogP contribution in [0.1, 0.15) is 23.2 Å². The zero-order chi connectivity index (χ0) is 9.14. The Morgan fingerprint density at radius 2 is 2.50 bits per heavy atom. The van der Waals surface area contributed by atoms with Crippen LogP contribution in [0.3, 0.4) is 0 Å². The molecule has 0 amide bonds. The standard InChI is InChI=1S/C7H11N3O2/c1-3-12-7(11)6-9-4-5(2)10(6)8/h4H,3,8H2,1-2H3. The van der Waals surface area contributed by atoms with Crippen molar-refractivity contribution in [3.05, 3.63) is 17.7 Å². The van der Waals surface area contributed by atoms with E-state index in [-0.39, 0.29) is 5.82 Å². The maximum absolute atomic E-state index is 11.1. The number of nitrogens with zero attached hydrogens (tertiary/aromatic N) is 2. The van der Waals surface area contributed by atoms with Crippen LogP contribution >= 0.6 is 0 Å². The predicted octanol–water partition coefficient (Wildman–Crippen LogP) is 0.0820. The Morgan fingerprint density at radius 3 is 2.92 bits per heavy atom. The largest absolute Gasteiger partial charge is 0.460 e. The minimum absolute atomic E-state index is 0.134. The van der Waals surface area contributed by atoms with Gasteiger partial charge in [0.05, 0.1) is 18.5 Å². The van der Waals surface area contributed by atoms with E-state index in [1.807, 2.05) is 0 Å². The number of rotatable bonds is 2. The Hall–Kier alpha value is -1.52. The van der Waals surface area contributed by atoms with E-state index >= 15 is 0 Å². The molecule has 1 aromatic rings. The molecule has 0 aliphatic carbocycles. The lowest BCUT2D eigenvalue weighted by Gasteiger charge is -2.01. The van der Waals surface area contributed by atoms with E-state index in [0.29, 0.717) is 6.61 Å². The van der Waals surface area contributed by atoms with Crippen molar-refractivity contribution in [1.29, 1.82) is 0 Å². The molecule has 0 saturated heterocycles. The van der Waals surface area contributed by atoms with Crippen LogP contribution in [-0.4, -0.2) is 22.2 Å². The van der Waals surface area contributed by atoms with Gasteiger partial charge in [-0.3, -0.25) is 0 Å². The molecule has 0 aliphatic heterocycles. The average molecular weight is 169 g/mol. The van der Waals surface area contributed by atoms with Crippen LogP contribution < -0.4 is 5.84 Å². The quantitative estimate of drug-likeness (QED) is 0.503. The molecule has 0 saturated carbocycles. The van der Waals surface area contributed by atoms with Gasteiger partial charge in [-0.1, -0.05) is 0 Å². The second-order valence-corrected chi connectivity index (χ2v) is 2.31. The summed E-state index contributed by atoms with van der Waals surface area (Å²) in [4.78, 5) is 14.9. The van der Waals surface area contributed by atoms with Crippen LogP contribution in [0.4, 0.5) is 0 Å². The highest BCUT2D eigenvalue weighted by Gasteiger charge is 2.13. The molecule has 2 N–H and O–H groups in total. The zero-order valence-corrected chi connectivity index (χ0v) is 7.07. The molecular weight excluding hydrogens is 158 g/mol. The number of hydrogen-bond donors (Lipinski definition) is 1. The third kappa shape index (κ3) is 1.39. The molecule has 0 unspecified atom stereocenters. The molecular formula is C7H11N3O2. The van der Waals surface area contributed by atoms with Gasteiger partial charge in [0.2, 0.25) is 5.82 Å². The molecule has 1 rings (SSSR count). The number of aryl methyl sites for hydroxylation is 1. The minimum Gasteiger partial charge on any atom is -0.460 e. The number of carbonyl (C=O) groups excluding carboxylic acids is 1. The fourth-order valence-electron chi connectivity index (χ4n) is 0.793. The molecule has 5 heteroatoms. The molecule has 0 radical (unpaired) electrons. The van der Waals surface area contributed by atoms with Crippen molar-refractivity contribution in [3.8, 4) is 0 Å². The number of hydrogen-bond acceptors (Lipinski definition) is 4. The van der Waals surface area contributed by atoms with Crippen molar-refractivity contribution in [2.45, 2.75) is 13.8 Å². The van der Waals surface area contributed by atoms with E-state index in [1.165, 1.54) is 10.9 Å². The van der Waals surface area contributed by atoms with Gasteiger partial charge in [-0.25, -0.2) is 14.5 Å². The van der Waals surface area contributed by atoms with Crippen LogP contribution in [0.5, 0.6) is 0 Å². The summed E-state index contributed by atoms with van der Waals surface area (Å²) in [6.45, 7) is 3.81. The fraction of sp³-hybridized carbons (Fsp3) is 0.429. The highest BCUT2D eigenvalue weighted by Crippen LogP contribution is 2.00. The molecule has 0 bridgehead atoms. The van der Waals surface area contributed by atoms with Crippen molar-refractivity contribution in [3.63, 3.8) is 0 Å². The SMILES string of the molecule is CCOC(=O)c1ncc(C)n1N. The Bertz CT molecular complexity index is 293. The lowest BCUT2D eigenvalue weighted by atomic mass is 10.5. The smallest absolute Gasteiger partial charge is 0.376 e. The summed E-state index contributed by atoms with van der Waals surface area (Å²) >= 11 is 0. The molecule has 5 nitrogen and oxygen atoms in total. The molecule has 1 aromatic heterocycles. The number of nitrogens with two attached hydrogens (primary N) is 1. The van der Waals surface area contributed by atoms with E-state index in [9.17, 15) is 4.79 Å². The number of esters is 1. The van der Waals surface area contributed by atoms with Gasteiger partial charge in [-0.05, 0) is 13.8 Å².